The van der Waals surface area contributed by atoms with E-state index in [1.54, 1.807) is 6.07 Å². The molecule has 84 valence electrons. The van der Waals surface area contributed by atoms with Crippen LogP contribution in [-0.2, 0) is 4.74 Å². The van der Waals surface area contributed by atoms with E-state index in [1.807, 2.05) is 0 Å². The van der Waals surface area contributed by atoms with Crippen LogP contribution in [0.15, 0.2) is 18.2 Å². The molecule has 0 radical (unpaired) electrons. The molecule has 1 aromatic rings. The number of rotatable bonds is 1. The Morgan fingerprint density at radius 3 is 2.94 bits per heavy atom. The minimum atomic E-state index is -0.644. The number of nitrogens with zero attached hydrogens (tertiary/aromatic N) is 1. The lowest BCUT2D eigenvalue weighted by atomic mass is 9.95. The SMILES string of the molecule is O=[N+]([O-])c1ccc2c(c1)[C@@H]1CC[C@@H](O1)[C@@H]2O. The van der Waals surface area contributed by atoms with Crippen molar-refractivity contribution in [2.45, 2.75) is 31.2 Å². The molecule has 5 heteroatoms. The zero-order chi connectivity index (χ0) is 11.3. The van der Waals surface area contributed by atoms with Crippen LogP contribution >= 0.6 is 0 Å². The van der Waals surface area contributed by atoms with Gasteiger partial charge in [0.25, 0.3) is 5.69 Å². The smallest absolute Gasteiger partial charge is 0.269 e. The van der Waals surface area contributed by atoms with E-state index in [1.165, 1.54) is 12.1 Å². The van der Waals surface area contributed by atoms with Crippen molar-refractivity contribution in [3.63, 3.8) is 0 Å². The number of nitro groups is 1. The van der Waals surface area contributed by atoms with Crippen LogP contribution in [0.1, 0.15) is 36.2 Å². The Labute approximate surface area is 91.8 Å². The van der Waals surface area contributed by atoms with E-state index in [0.29, 0.717) is 0 Å². The highest BCUT2D eigenvalue weighted by Crippen LogP contribution is 2.46. The number of fused-ring (bicyclic) bond motifs is 4. The minimum absolute atomic E-state index is 0.0555. The van der Waals surface area contributed by atoms with E-state index in [4.69, 9.17) is 4.74 Å². The first-order valence-electron chi connectivity index (χ1n) is 5.28. The fraction of sp³-hybridized carbons (Fsp3) is 0.455. The predicted octanol–water partition coefficient (Wildman–Crippen LogP) is 1.86. The van der Waals surface area contributed by atoms with Gasteiger partial charge in [0.2, 0.25) is 0 Å². The van der Waals surface area contributed by atoms with Crippen LogP contribution in [0.3, 0.4) is 0 Å². The number of non-ortho nitro benzene ring substituents is 1. The molecule has 3 rings (SSSR count). The molecule has 5 nitrogen and oxygen atoms in total. The highest BCUT2D eigenvalue weighted by Gasteiger charge is 2.40. The lowest BCUT2D eigenvalue weighted by molar-refractivity contribution is -0.385. The van der Waals surface area contributed by atoms with Gasteiger partial charge in [-0.2, -0.15) is 0 Å². The van der Waals surface area contributed by atoms with Crippen molar-refractivity contribution >= 4 is 5.69 Å². The first-order valence-corrected chi connectivity index (χ1v) is 5.28. The average molecular weight is 221 g/mol. The Balaban J connectivity index is 2.12. The maximum atomic E-state index is 10.7. The van der Waals surface area contributed by atoms with Gasteiger partial charge < -0.3 is 9.84 Å². The van der Waals surface area contributed by atoms with E-state index < -0.39 is 11.0 Å². The Kier molecular flexibility index (Phi) is 1.99. The Hall–Kier alpha value is -1.46. The molecule has 0 aliphatic carbocycles. The second kappa shape index (κ2) is 3.26. The van der Waals surface area contributed by atoms with Crippen LogP contribution in [0.25, 0.3) is 0 Å². The predicted molar refractivity (Wildman–Crippen MR) is 54.9 cm³/mol. The number of benzene rings is 1. The molecule has 0 aromatic heterocycles. The van der Waals surface area contributed by atoms with Crippen LogP contribution in [0.2, 0.25) is 0 Å². The molecule has 16 heavy (non-hydrogen) atoms. The molecule has 3 atom stereocenters. The summed E-state index contributed by atoms with van der Waals surface area (Å²) in [5.41, 5.74) is 1.61. The van der Waals surface area contributed by atoms with Crippen molar-refractivity contribution in [1.29, 1.82) is 0 Å². The highest BCUT2D eigenvalue weighted by molar-refractivity contribution is 5.44. The van der Waals surface area contributed by atoms with Crippen molar-refractivity contribution in [3.8, 4) is 0 Å². The zero-order valence-electron chi connectivity index (χ0n) is 8.50. The topological polar surface area (TPSA) is 72.6 Å². The molecule has 2 aliphatic heterocycles. The molecule has 2 bridgehead atoms. The molecule has 2 aliphatic rings. The van der Waals surface area contributed by atoms with Crippen LogP contribution < -0.4 is 0 Å². The minimum Gasteiger partial charge on any atom is -0.386 e. The average Bonchev–Trinajstić information content (AvgIpc) is 2.71. The van der Waals surface area contributed by atoms with Gasteiger partial charge in [-0.3, -0.25) is 10.1 Å². The van der Waals surface area contributed by atoms with Crippen molar-refractivity contribution in [1.82, 2.24) is 0 Å². The maximum absolute atomic E-state index is 10.7. The molecular weight excluding hydrogens is 210 g/mol. The molecule has 0 spiro atoms. The number of nitro benzene ring substituents is 1. The van der Waals surface area contributed by atoms with Gasteiger partial charge in [0.15, 0.2) is 0 Å². The molecule has 1 saturated heterocycles. The fourth-order valence-corrected chi connectivity index (χ4v) is 2.55. The Bertz CT molecular complexity index is 459. The van der Waals surface area contributed by atoms with Crippen molar-refractivity contribution in [3.05, 3.63) is 39.4 Å². The summed E-state index contributed by atoms with van der Waals surface area (Å²) >= 11 is 0. The lowest BCUT2D eigenvalue weighted by Crippen LogP contribution is -2.23. The third-order valence-electron chi connectivity index (χ3n) is 3.35. The van der Waals surface area contributed by atoms with E-state index in [2.05, 4.69) is 0 Å². The van der Waals surface area contributed by atoms with Gasteiger partial charge in [0, 0.05) is 12.1 Å². The largest absolute Gasteiger partial charge is 0.386 e. The molecule has 0 saturated carbocycles. The number of aliphatic hydroxyl groups is 1. The second-order valence-corrected chi connectivity index (χ2v) is 4.26. The van der Waals surface area contributed by atoms with E-state index in [9.17, 15) is 15.2 Å². The third kappa shape index (κ3) is 1.25. The summed E-state index contributed by atoms with van der Waals surface area (Å²) in [5.74, 6) is 0. The Morgan fingerprint density at radius 1 is 1.38 bits per heavy atom. The molecule has 1 aromatic carbocycles. The number of hydrogen-bond acceptors (Lipinski definition) is 4. The lowest BCUT2D eigenvalue weighted by Gasteiger charge is -2.28. The monoisotopic (exact) mass is 221 g/mol. The van der Waals surface area contributed by atoms with Gasteiger partial charge in [-0.25, -0.2) is 0 Å². The fourth-order valence-electron chi connectivity index (χ4n) is 2.55. The third-order valence-corrected chi connectivity index (χ3v) is 3.35. The van der Waals surface area contributed by atoms with Crippen molar-refractivity contribution in [2.24, 2.45) is 0 Å². The Morgan fingerprint density at radius 2 is 2.19 bits per heavy atom. The summed E-state index contributed by atoms with van der Waals surface area (Å²) in [6, 6.07) is 4.60. The van der Waals surface area contributed by atoms with Gasteiger partial charge in [0.1, 0.15) is 6.10 Å². The summed E-state index contributed by atoms with van der Waals surface area (Å²) in [6.45, 7) is 0. The van der Waals surface area contributed by atoms with Crippen LogP contribution in [0.4, 0.5) is 5.69 Å². The second-order valence-electron chi connectivity index (χ2n) is 4.26. The molecule has 1 N–H and O–H groups in total. The number of aliphatic hydroxyl groups excluding tert-OH is 1. The normalized spacial score (nSPS) is 31.2. The summed E-state index contributed by atoms with van der Waals surface area (Å²) in [6.07, 6.45) is 0.779. The number of hydrogen-bond donors (Lipinski definition) is 1. The van der Waals surface area contributed by atoms with Crippen molar-refractivity contribution in [2.75, 3.05) is 0 Å². The van der Waals surface area contributed by atoms with Crippen LogP contribution in [0, 0.1) is 10.1 Å². The van der Waals surface area contributed by atoms with E-state index in [-0.39, 0.29) is 17.9 Å². The molecule has 2 heterocycles. The number of ether oxygens (including phenoxy) is 1. The van der Waals surface area contributed by atoms with E-state index >= 15 is 0 Å². The summed E-state index contributed by atoms with van der Waals surface area (Å²) < 4.78 is 5.60. The summed E-state index contributed by atoms with van der Waals surface area (Å²) in [7, 11) is 0. The van der Waals surface area contributed by atoms with E-state index in [0.717, 1.165) is 24.0 Å². The molecule has 1 fully saturated rings. The van der Waals surface area contributed by atoms with Crippen LogP contribution in [-0.4, -0.2) is 16.1 Å². The quantitative estimate of drug-likeness (QED) is 0.580. The van der Waals surface area contributed by atoms with Gasteiger partial charge in [-0.1, -0.05) is 0 Å². The van der Waals surface area contributed by atoms with Gasteiger partial charge in [-0.15, -0.1) is 0 Å². The van der Waals surface area contributed by atoms with Gasteiger partial charge in [-0.05, 0) is 30.0 Å². The molecular formula is C11H11NO4. The molecule has 0 amide bonds. The van der Waals surface area contributed by atoms with Gasteiger partial charge in [0.05, 0.1) is 17.1 Å². The van der Waals surface area contributed by atoms with Crippen LogP contribution in [0.5, 0.6) is 0 Å². The van der Waals surface area contributed by atoms with Crippen molar-refractivity contribution < 1.29 is 14.8 Å². The summed E-state index contributed by atoms with van der Waals surface area (Å²) in [4.78, 5) is 10.3. The van der Waals surface area contributed by atoms with Gasteiger partial charge >= 0.3 is 0 Å². The highest BCUT2D eigenvalue weighted by atomic mass is 16.6. The first kappa shape index (κ1) is 9.74. The standard InChI is InChI=1S/C11H11NO4/c13-11-7-2-1-6(12(14)15)5-8(7)9-3-4-10(11)16-9/h1-2,5,9-11,13H,3-4H2/t9-,10+,11+/m0/s1. The molecule has 0 unspecified atom stereocenters. The summed E-state index contributed by atoms with van der Waals surface area (Å²) in [5, 5.41) is 20.7. The maximum Gasteiger partial charge on any atom is 0.269 e. The zero-order valence-corrected chi connectivity index (χ0v) is 8.50. The first-order chi connectivity index (χ1) is 7.66.